The first-order chi connectivity index (χ1) is 5.04. The highest BCUT2D eigenvalue weighted by Crippen LogP contribution is 2.06. The summed E-state index contributed by atoms with van der Waals surface area (Å²) in [6.45, 7) is 8.92. The highest BCUT2D eigenvalue weighted by atomic mass is 15.4. The number of allylic oxidation sites excluding steroid dienone is 2. The summed E-state index contributed by atoms with van der Waals surface area (Å²) >= 11 is 0. The minimum atomic E-state index is 0.523. The summed E-state index contributed by atoms with van der Waals surface area (Å²) in [7, 11) is 1.84. The highest BCUT2D eigenvalue weighted by Gasteiger charge is 1.93. The van der Waals surface area contributed by atoms with Crippen molar-refractivity contribution in [1.29, 1.82) is 0 Å². The van der Waals surface area contributed by atoms with Gasteiger partial charge < -0.3 is 0 Å². The predicted molar refractivity (Wildman–Crippen MR) is 49.9 cm³/mol. The number of likely N-dealkylation sites (N-methyl/N-ethyl adjacent to an activating group) is 1. The van der Waals surface area contributed by atoms with Crippen molar-refractivity contribution in [2.75, 3.05) is 13.6 Å². The summed E-state index contributed by atoms with van der Waals surface area (Å²) in [6, 6.07) is 0. The number of nitrogens with two attached hydrogens (primary N) is 1. The van der Waals surface area contributed by atoms with Crippen LogP contribution in [0.5, 0.6) is 0 Å². The van der Waals surface area contributed by atoms with E-state index in [0.717, 1.165) is 12.1 Å². The summed E-state index contributed by atoms with van der Waals surface area (Å²) in [6.07, 6.45) is 4.04. The van der Waals surface area contributed by atoms with Gasteiger partial charge in [0.15, 0.2) is 0 Å². The molecule has 2 heteroatoms. The Bertz CT molecular complexity index is 146. The summed E-state index contributed by atoms with van der Waals surface area (Å²) < 4.78 is 0. The van der Waals surface area contributed by atoms with Gasteiger partial charge in [-0.3, -0.25) is 5.84 Å². The Balaban J connectivity index is 3.66. The molecule has 2 N–H and O–H groups in total. The Labute approximate surface area is 69.3 Å². The molecular weight excluding hydrogens is 136 g/mol. The largest absolute Gasteiger partial charge is 0.269 e. The zero-order valence-electron chi connectivity index (χ0n) is 7.67. The van der Waals surface area contributed by atoms with Gasteiger partial charge in [0.05, 0.1) is 0 Å². The molecule has 0 aliphatic carbocycles. The van der Waals surface area contributed by atoms with Gasteiger partial charge in [0.2, 0.25) is 0 Å². The molecule has 0 radical (unpaired) electrons. The fraction of sp³-hybridized carbons (Fsp3) is 0.556. The molecule has 0 fully saturated rings. The average Bonchev–Trinajstić information content (AvgIpc) is 1.86. The van der Waals surface area contributed by atoms with Gasteiger partial charge in [0.25, 0.3) is 0 Å². The molecule has 0 aromatic rings. The SMILES string of the molecule is C=C(/C=C\CN(C)N)C(C)C. The van der Waals surface area contributed by atoms with E-state index in [1.807, 2.05) is 19.2 Å². The third-order valence-corrected chi connectivity index (χ3v) is 1.47. The van der Waals surface area contributed by atoms with Crippen molar-refractivity contribution in [2.24, 2.45) is 11.8 Å². The number of rotatable bonds is 4. The molecule has 64 valence electrons. The van der Waals surface area contributed by atoms with Crippen molar-refractivity contribution in [3.63, 3.8) is 0 Å². The highest BCUT2D eigenvalue weighted by molar-refractivity contribution is 5.16. The normalized spacial score (nSPS) is 11.8. The zero-order chi connectivity index (χ0) is 8.85. The fourth-order valence-corrected chi connectivity index (χ4v) is 0.563. The fourth-order valence-electron chi connectivity index (χ4n) is 0.563. The number of hydrazine groups is 1. The third-order valence-electron chi connectivity index (χ3n) is 1.47. The van der Waals surface area contributed by atoms with E-state index in [2.05, 4.69) is 20.4 Å². The van der Waals surface area contributed by atoms with Crippen LogP contribution in [0.4, 0.5) is 0 Å². The van der Waals surface area contributed by atoms with Gasteiger partial charge in [-0.25, -0.2) is 5.01 Å². The second kappa shape index (κ2) is 5.10. The van der Waals surface area contributed by atoms with E-state index in [0.29, 0.717) is 5.92 Å². The Hall–Kier alpha value is -0.600. The minimum Gasteiger partial charge on any atom is -0.269 e. The molecule has 0 heterocycles. The lowest BCUT2D eigenvalue weighted by atomic mass is 10.1. The zero-order valence-corrected chi connectivity index (χ0v) is 7.67. The summed E-state index contributed by atoms with van der Waals surface area (Å²) in [5.41, 5.74) is 1.15. The second-order valence-electron chi connectivity index (χ2n) is 3.07. The molecule has 0 amide bonds. The van der Waals surface area contributed by atoms with Crippen LogP contribution in [0.25, 0.3) is 0 Å². The maximum absolute atomic E-state index is 5.41. The topological polar surface area (TPSA) is 29.3 Å². The van der Waals surface area contributed by atoms with Gasteiger partial charge in [-0.1, -0.05) is 38.2 Å². The minimum absolute atomic E-state index is 0.523. The predicted octanol–water partition coefficient (Wildman–Crippen LogP) is 1.56. The maximum Gasteiger partial charge on any atom is 0.0309 e. The van der Waals surface area contributed by atoms with Gasteiger partial charge in [0.1, 0.15) is 0 Å². The monoisotopic (exact) mass is 154 g/mol. The molecule has 11 heavy (non-hydrogen) atoms. The van der Waals surface area contributed by atoms with Crippen molar-refractivity contribution in [2.45, 2.75) is 13.8 Å². The average molecular weight is 154 g/mol. The smallest absolute Gasteiger partial charge is 0.0309 e. The molecule has 0 aromatic carbocycles. The van der Waals surface area contributed by atoms with Crippen LogP contribution in [0.15, 0.2) is 24.3 Å². The number of hydrogen-bond donors (Lipinski definition) is 1. The Morgan fingerprint density at radius 1 is 1.64 bits per heavy atom. The molecule has 0 atom stereocenters. The van der Waals surface area contributed by atoms with Crippen molar-refractivity contribution in [3.05, 3.63) is 24.3 Å². The molecular formula is C9H18N2. The molecule has 0 unspecified atom stereocenters. The first kappa shape index (κ1) is 10.4. The lowest BCUT2D eigenvalue weighted by Gasteiger charge is -2.06. The molecule has 0 aliphatic rings. The van der Waals surface area contributed by atoms with Gasteiger partial charge in [0, 0.05) is 13.6 Å². The summed E-state index contributed by atoms with van der Waals surface area (Å²) in [5.74, 6) is 5.93. The lowest BCUT2D eigenvalue weighted by molar-refractivity contribution is 0.389. The summed E-state index contributed by atoms with van der Waals surface area (Å²) in [4.78, 5) is 0. The van der Waals surface area contributed by atoms with Crippen LogP contribution >= 0.6 is 0 Å². The van der Waals surface area contributed by atoms with Crippen LogP contribution in [0.3, 0.4) is 0 Å². The van der Waals surface area contributed by atoms with Crippen LogP contribution in [0, 0.1) is 5.92 Å². The maximum atomic E-state index is 5.41. The van der Waals surface area contributed by atoms with E-state index < -0.39 is 0 Å². The lowest BCUT2D eigenvalue weighted by Crippen LogP contribution is -2.25. The standard InChI is InChI=1S/C9H18N2/c1-8(2)9(3)6-5-7-11(4)10/h5-6,8H,3,7,10H2,1-2,4H3/b6-5-. The molecule has 0 saturated carbocycles. The quantitative estimate of drug-likeness (QED) is 0.378. The van der Waals surface area contributed by atoms with Gasteiger partial charge in [-0.2, -0.15) is 0 Å². The van der Waals surface area contributed by atoms with Crippen LogP contribution < -0.4 is 5.84 Å². The van der Waals surface area contributed by atoms with Crippen LogP contribution in [-0.4, -0.2) is 18.6 Å². The second-order valence-corrected chi connectivity index (χ2v) is 3.07. The van der Waals surface area contributed by atoms with Crippen molar-refractivity contribution in [3.8, 4) is 0 Å². The van der Waals surface area contributed by atoms with E-state index in [4.69, 9.17) is 5.84 Å². The van der Waals surface area contributed by atoms with E-state index in [9.17, 15) is 0 Å². The first-order valence-electron chi connectivity index (χ1n) is 3.85. The van der Waals surface area contributed by atoms with E-state index in [-0.39, 0.29) is 0 Å². The van der Waals surface area contributed by atoms with Crippen molar-refractivity contribution in [1.82, 2.24) is 5.01 Å². The molecule has 0 bridgehead atoms. The molecule has 0 aliphatic heterocycles. The van der Waals surface area contributed by atoms with Crippen molar-refractivity contribution >= 4 is 0 Å². The molecule has 0 spiro atoms. The van der Waals surface area contributed by atoms with Crippen molar-refractivity contribution < 1.29 is 0 Å². The number of hydrogen-bond acceptors (Lipinski definition) is 2. The van der Waals surface area contributed by atoms with Crippen LogP contribution in [-0.2, 0) is 0 Å². The molecule has 2 nitrogen and oxygen atoms in total. The Kier molecular flexibility index (Phi) is 4.83. The Morgan fingerprint density at radius 3 is 2.55 bits per heavy atom. The third kappa shape index (κ3) is 5.83. The van der Waals surface area contributed by atoms with Gasteiger partial charge in [-0.05, 0) is 5.92 Å². The van der Waals surface area contributed by atoms with Crippen LogP contribution in [0.1, 0.15) is 13.8 Å². The molecule has 0 aromatic heterocycles. The van der Waals surface area contributed by atoms with Crippen LogP contribution in [0.2, 0.25) is 0 Å². The number of nitrogens with zero attached hydrogens (tertiary/aromatic N) is 1. The molecule has 0 saturated heterocycles. The summed E-state index contributed by atoms with van der Waals surface area (Å²) in [5, 5.41) is 1.63. The van der Waals surface area contributed by atoms with E-state index >= 15 is 0 Å². The molecule has 0 rings (SSSR count). The van der Waals surface area contributed by atoms with E-state index in [1.54, 1.807) is 5.01 Å². The van der Waals surface area contributed by atoms with E-state index in [1.165, 1.54) is 0 Å². The van der Waals surface area contributed by atoms with Gasteiger partial charge in [-0.15, -0.1) is 0 Å². The first-order valence-corrected chi connectivity index (χ1v) is 3.85. The van der Waals surface area contributed by atoms with Gasteiger partial charge >= 0.3 is 0 Å². The Morgan fingerprint density at radius 2 is 2.18 bits per heavy atom.